The van der Waals surface area contributed by atoms with Crippen LogP contribution in [0.15, 0.2) is 24.3 Å². The molecule has 0 bridgehead atoms. The Morgan fingerprint density at radius 1 is 1.24 bits per heavy atom. The second kappa shape index (κ2) is 7.44. The highest BCUT2D eigenvalue weighted by Crippen LogP contribution is 2.20. The van der Waals surface area contributed by atoms with Crippen LogP contribution in [0, 0.1) is 0 Å². The first-order valence-electron chi connectivity index (χ1n) is 5.70. The number of alkyl halides is 6. The van der Waals surface area contributed by atoms with Gasteiger partial charge in [-0.05, 0) is 24.3 Å². The van der Waals surface area contributed by atoms with Gasteiger partial charge in [0.05, 0.1) is 0 Å². The standard InChI is InChI=1S/C12H11ClF5NO2/c13-5-6-19(7-12(16,17)18)10(20)8-1-3-9(4-2-8)21-11(14)15/h1-4,11H,5-7H2. The van der Waals surface area contributed by atoms with Crippen LogP contribution in [-0.2, 0) is 0 Å². The van der Waals surface area contributed by atoms with Crippen molar-refractivity contribution in [3.05, 3.63) is 29.8 Å². The van der Waals surface area contributed by atoms with E-state index in [1.165, 1.54) is 0 Å². The molecule has 9 heteroatoms. The third kappa shape index (κ3) is 6.16. The van der Waals surface area contributed by atoms with Gasteiger partial charge in [0.2, 0.25) is 0 Å². The van der Waals surface area contributed by atoms with Gasteiger partial charge < -0.3 is 9.64 Å². The van der Waals surface area contributed by atoms with Crippen LogP contribution >= 0.6 is 11.6 Å². The Kier molecular flexibility index (Phi) is 6.19. The summed E-state index contributed by atoms with van der Waals surface area (Å²) in [7, 11) is 0. The van der Waals surface area contributed by atoms with E-state index in [-0.39, 0.29) is 23.7 Å². The van der Waals surface area contributed by atoms with Crippen molar-refractivity contribution in [1.82, 2.24) is 4.90 Å². The molecule has 0 aromatic heterocycles. The number of benzene rings is 1. The number of nitrogens with zero attached hydrogens (tertiary/aromatic N) is 1. The van der Waals surface area contributed by atoms with Gasteiger partial charge in [-0.3, -0.25) is 4.79 Å². The van der Waals surface area contributed by atoms with Crippen molar-refractivity contribution in [2.75, 3.05) is 19.0 Å². The zero-order valence-corrected chi connectivity index (χ0v) is 11.3. The summed E-state index contributed by atoms with van der Waals surface area (Å²) < 4.78 is 65.1. The number of ether oxygens (including phenoxy) is 1. The van der Waals surface area contributed by atoms with Crippen molar-refractivity contribution in [2.45, 2.75) is 12.8 Å². The number of hydrogen-bond donors (Lipinski definition) is 0. The summed E-state index contributed by atoms with van der Waals surface area (Å²) in [5, 5.41) is 0. The van der Waals surface area contributed by atoms with Crippen molar-refractivity contribution in [1.29, 1.82) is 0 Å². The van der Waals surface area contributed by atoms with Crippen LogP contribution < -0.4 is 4.74 Å². The smallest absolute Gasteiger partial charge is 0.406 e. The first-order valence-corrected chi connectivity index (χ1v) is 6.23. The van der Waals surface area contributed by atoms with Crippen LogP contribution in [0.1, 0.15) is 10.4 Å². The van der Waals surface area contributed by atoms with Gasteiger partial charge in [-0.1, -0.05) is 0 Å². The molecular weight excluding hydrogens is 321 g/mol. The van der Waals surface area contributed by atoms with Crippen LogP contribution in [0.5, 0.6) is 5.75 Å². The molecule has 0 aliphatic rings. The van der Waals surface area contributed by atoms with E-state index < -0.39 is 25.2 Å². The molecule has 118 valence electrons. The van der Waals surface area contributed by atoms with Crippen molar-refractivity contribution in [3.63, 3.8) is 0 Å². The molecule has 1 rings (SSSR count). The molecular formula is C12H11ClF5NO2. The van der Waals surface area contributed by atoms with Gasteiger partial charge in [0.15, 0.2) is 0 Å². The number of hydrogen-bond acceptors (Lipinski definition) is 2. The van der Waals surface area contributed by atoms with Crippen LogP contribution in [0.3, 0.4) is 0 Å². The molecule has 0 N–H and O–H groups in total. The second-order valence-corrected chi connectivity index (χ2v) is 4.31. The first-order chi connectivity index (χ1) is 9.73. The highest BCUT2D eigenvalue weighted by Gasteiger charge is 2.33. The lowest BCUT2D eigenvalue weighted by atomic mass is 10.2. The third-order valence-electron chi connectivity index (χ3n) is 2.34. The molecule has 0 saturated heterocycles. The lowest BCUT2D eigenvalue weighted by Crippen LogP contribution is -2.40. The maximum absolute atomic E-state index is 12.4. The third-order valence-corrected chi connectivity index (χ3v) is 2.51. The zero-order chi connectivity index (χ0) is 16.0. The van der Waals surface area contributed by atoms with Gasteiger partial charge in [0, 0.05) is 18.0 Å². The van der Waals surface area contributed by atoms with E-state index in [0.717, 1.165) is 24.3 Å². The number of rotatable bonds is 6. The minimum Gasteiger partial charge on any atom is -0.435 e. The van der Waals surface area contributed by atoms with Crippen molar-refractivity contribution >= 4 is 17.5 Å². The van der Waals surface area contributed by atoms with Crippen molar-refractivity contribution < 1.29 is 31.5 Å². The largest absolute Gasteiger partial charge is 0.435 e. The molecule has 0 heterocycles. The number of amides is 1. The van der Waals surface area contributed by atoms with Crippen molar-refractivity contribution in [2.24, 2.45) is 0 Å². The monoisotopic (exact) mass is 331 g/mol. The quantitative estimate of drug-likeness (QED) is 0.589. The van der Waals surface area contributed by atoms with E-state index in [0.29, 0.717) is 4.90 Å². The fourth-order valence-corrected chi connectivity index (χ4v) is 1.74. The minimum absolute atomic E-state index is 0.0778. The van der Waals surface area contributed by atoms with E-state index in [4.69, 9.17) is 11.6 Å². The Bertz CT molecular complexity index is 464. The Morgan fingerprint density at radius 2 is 1.81 bits per heavy atom. The topological polar surface area (TPSA) is 29.5 Å². The average Bonchev–Trinajstić information content (AvgIpc) is 2.36. The summed E-state index contributed by atoms with van der Waals surface area (Å²) in [6.07, 6.45) is -4.56. The molecule has 0 unspecified atom stereocenters. The minimum atomic E-state index is -4.56. The number of carbonyl (C=O) groups is 1. The molecule has 0 saturated carbocycles. The van der Waals surface area contributed by atoms with Gasteiger partial charge in [-0.25, -0.2) is 0 Å². The lowest BCUT2D eigenvalue weighted by molar-refractivity contribution is -0.140. The van der Waals surface area contributed by atoms with Crippen LogP contribution in [0.25, 0.3) is 0 Å². The van der Waals surface area contributed by atoms with Crippen molar-refractivity contribution in [3.8, 4) is 5.75 Å². The molecule has 3 nitrogen and oxygen atoms in total. The SMILES string of the molecule is O=C(c1ccc(OC(F)F)cc1)N(CCCl)CC(F)(F)F. The molecule has 1 aromatic rings. The maximum Gasteiger partial charge on any atom is 0.406 e. The van der Waals surface area contributed by atoms with Gasteiger partial charge in [0.25, 0.3) is 5.91 Å². The summed E-state index contributed by atoms with van der Waals surface area (Å²) in [6, 6.07) is 4.37. The summed E-state index contributed by atoms with van der Waals surface area (Å²) in [5.74, 6) is -1.24. The summed E-state index contributed by atoms with van der Waals surface area (Å²) >= 11 is 5.37. The Hall–Kier alpha value is -1.57. The zero-order valence-electron chi connectivity index (χ0n) is 10.5. The number of carbonyl (C=O) groups excluding carboxylic acids is 1. The summed E-state index contributed by atoms with van der Waals surface area (Å²) in [4.78, 5) is 12.5. The molecule has 0 atom stereocenters. The molecule has 1 amide bonds. The van der Waals surface area contributed by atoms with E-state index in [1.54, 1.807) is 0 Å². The van der Waals surface area contributed by atoms with E-state index in [1.807, 2.05) is 0 Å². The van der Waals surface area contributed by atoms with E-state index in [2.05, 4.69) is 4.74 Å². The highest BCUT2D eigenvalue weighted by molar-refractivity contribution is 6.18. The normalized spacial score (nSPS) is 11.6. The molecule has 0 aliphatic heterocycles. The summed E-state index contributed by atoms with van der Waals surface area (Å²) in [6.45, 7) is -4.74. The predicted octanol–water partition coefficient (Wildman–Crippen LogP) is 3.53. The Labute approximate surface area is 122 Å². The van der Waals surface area contributed by atoms with Gasteiger partial charge in [-0.15, -0.1) is 11.6 Å². The molecule has 0 radical (unpaired) electrons. The van der Waals surface area contributed by atoms with Crippen LogP contribution in [-0.4, -0.2) is 42.6 Å². The van der Waals surface area contributed by atoms with Gasteiger partial charge in [0.1, 0.15) is 12.3 Å². The highest BCUT2D eigenvalue weighted by atomic mass is 35.5. The predicted molar refractivity (Wildman–Crippen MR) is 65.8 cm³/mol. The second-order valence-electron chi connectivity index (χ2n) is 3.93. The molecule has 0 spiro atoms. The number of halogens is 6. The molecule has 0 aliphatic carbocycles. The van der Waals surface area contributed by atoms with Crippen LogP contribution in [0.2, 0.25) is 0 Å². The average molecular weight is 332 g/mol. The maximum atomic E-state index is 12.4. The molecule has 21 heavy (non-hydrogen) atoms. The van der Waals surface area contributed by atoms with E-state index >= 15 is 0 Å². The molecule has 0 fully saturated rings. The lowest BCUT2D eigenvalue weighted by Gasteiger charge is -2.23. The van der Waals surface area contributed by atoms with E-state index in [9.17, 15) is 26.7 Å². The fraction of sp³-hybridized carbons (Fsp3) is 0.417. The van der Waals surface area contributed by atoms with Gasteiger partial charge >= 0.3 is 12.8 Å². The first kappa shape index (κ1) is 17.5. The Balaban J connectivity index is 2.83. The molecule has 1 aromatic carbocycles. The van der Waals surface area contributed by atoms with Crippen LogP contribution in [0.4, 0.5) is 22.0 Å². The fourth-order valence-electron chi connectivity index (χ4n) is 1.53. The summed E-state index contributed by atoms with van der Waals surface area (Å²) in [5.41, 5.74) is -0.0778. The van der Waals surface area contributed by atoms with Gasteiger partial charge in [-0.2, -0.15) is 22.0 Å². The Morgan fingerprint density at radius 3 is 2.24 bits per heavy atom.